The number of phenolic OH excluding ortho intramolecular Hbond substituents is 1. The molecular formula is C17H31NO8. The van der Waals surface area contributed by atoms with Gasteiger partial charge in [0.25, 0.3) is 0 Å². The summed E-state index contributed by atoms with van der Waals surface area (Å²) in [4.78, 5) is 12.6. The first-order valence-electron chi connectivity index (χ1n) is 8.07. The molecule has 0 amide bonds. The minimum atomic E-state index is -0.560. The Morgan fingerprint density at radius 3 is 1.65 bits per heavy atom. The molecule has 1 aromatic carbocycles. The lowest BCUT2D eigenvalue weighted by Crippen LogP contribution is -2.32. The van der Waals surface area contributed by atoms with E-state index in [4.69, 9.17) is 30.6 Å². The number of rotatable bonds is 8. The lowest BCUT2D eigenvalue weighted by atomic mass is 10.2. The van der Waals surface area contributed by atoms with Crippen LogP contribution in [0.3, 0.4) is 0 Å². The molecule has 1 unspecified atom stereocenters. The van der Waals surface area contributed by atoms with Gasteiger partial charge in [0, 0.05) is 19.6 Å². The van der Waals surface area contributed by atoms with Crippen molar-refractivity contribution in [2.75, 3.05) is 53.2 Å². The number of carbonyl (C=O) groups is 1. The molecule has 1 atom stereocenters. The van der Waals surface area contributed by atoms with Crippen molar-refractivity contribution >= 4 is 5.97 Å². The molecule has 1 rings (SSSR count). The van der Waals surface area contributed by atoms with Gasteiger partial charge in [-0.25, -0.2) is 4.79 Å². The van der Waals surface area contributed by atoms with E-state index in [1.54, 1.807) is 4.90 Å². The van der Waals surface area contributed by atoms with Crippen LogP contribution in [0.4, 0.5) is 0 Å². The summed E-state index contributed by atoms with van der Waals surface area (Å²) in [6, 6.07) is 5.88. The molecule has 0 heterocycles. The van der Waals surface area contributed by atoms with Crippen LogP contribution in [0.5, 0.6) is 5.75 Å². The van der Waals surface area contributed by atoms with E-state index in [1.165, 1.54) is 38.3 Å². The van der Waals surface area contributed by atoms with Gasteiger partial charge in [-0.15, -0.1) is 0 Å². The summed E-state index contributed by atoms with van der Waals surface area (Å²) in [5, 5.41) is 50.3. The third-order valence-electron chi connectivity index (χ3n) is 2.80. The fourth-order valence-electron chi connectivity index (χ4n) is 1.48. The Balaban J connectivity index is 0. The van der Waals surface area contributed by atoms with Crippen molar-refractivity contribution in [2.24, 2.45) is 0 Å². The third-order valence-corrected chi connectivity index (χ3v) is 2.80. The zero-order valence-corrected chi connectivity index (χ0v) is 15.3. The van der Waals surface area contributed by atoms with Gasteiger partial charge >= 0.3 is 5.97 Å². The van der Waals surface area contributed by atoms with Gasteiger partial charge in [0.2, 0.25) is 0 Å². The Morgan fingerprint density at radius 2 is 1.38 bits per heavy atom. The number of aliphatic hydroxyl groups is 5. The van der Waals surface area contributed by atoms with Crippen LogP contribution in [-0.2, 0) is 4.74 Å². The molecule has 0 aliphatic carbocycles. The molecule has 152 valence electrons. The molecule has 6 N–H and O–H groups in total. The number of methoxy groups -OCH3 is 1. The number of benzene rings is 1. The van der Waals surface area contributed by atoms with Crippen molar-refractivity contribution in [1.82, 2.24) is 4.90 Å². The fourth-order valence-corrected chi connectivity index (χ4v) is 1.48. The molecule has 0 saturated carbocycles. The van der Waals surface area contributed by atoms with Crippen LogP contribution < -0.4 is 0 Å². The molecule has 0 aromatic heterocycles. The molecule has 0 saturated heterocycles. The summed E-state index contributed by atoms with van der Waals surface area (Å²) < 4.78 is 4.46. The molecular weight excluding hydrogens is 346 g/mol. The van der Waals surface area contributed by atoms with Crippen LogP contribution in [0.25, 0.3) is 0 Å². The van der Waals surface area contributed by atoms with Crippen molar-refractivity contribution in [1.29, 1.82) is 0 Å². The molecule has 9 nitrogen and oxygen atoms in total. The Labute approximate surface area is 153 Å². The largest absolute Gasteiger partial charge is 0.508 e. The van der Waals surface area contributed by atoms with Crippen LogP contribution in [-0.4, -0.2) is 101 Å². The van der Waals surface area contributed by atoms with Gasteiger partial charge < -0.3 is 35.4 Å². The maximum absolute atomic E-state index is 10.8. The van der Waals surface area contributed by atoms with E-state index in [0.29, 0.717) is 25.2 Å². The average Bonchev–Trinajstić information content (AvgIpc) is 2.63. The zero-order chi connectivity index (χ0) is 20.4. The number of aromatic hydroxyl groups is 1. The van der Waals surface area contributed by atoms with Crippen LogP contribution in [0.1, 0.15) is 17.3 Å². The number of carbonyl (C=O) groups excluding carboxylic acids is 1. The van der Waals surface area contributed by atoms with Gasteiger partial charge in [0.05, 0.1) is 45.2 Å². The van der Waals surface area contributed by atoms with Crippen LogP contribution in [0.2, 0.25) is 0 Å². The van der Waals surface area contributed by atoms with Crippen molar-refractivity contribution < 1.29 is 40.2 Å². The Morgan fingerprint density at radius 1 is 1.00 bits per heavy atom. The highest BCUT2D eigenvalue weighted by Gasteiger charge is 2.02. The Hall–Kier alpha value is -1.75. The number of esters is 1. The van der Waals surface area contributed by atoms with E-state index < -0.39 is 12.1 Å². The van der Waals surface area contributed by atoms with Crippen molar-refractivity contribution in [3.05, 3.63) is 29.8 Å². The van der Waals surface area contributed by atoms with Gasteiger partial charge in [0.1, 0.15) is 5.75 Å². The van der Waals surface area contributed by atoms with E-state index >= 15 is 0 Å². The van der Waals surface area contributed by atoms with E-state index in [1.807, 2.05) is 0 Å². The van der Waals surface area contributed by atoms with E-state index in [-0.39, 0.29) is 32.2 Å². The first-order valence-corrected chi connectivity index (χ1v) is 8.07. The lowest BCUT2D eigenvalue weighted by Gasteiger charge is -2.17. The number of ether oxygens (including phenoxy) is 1. The van der Waals surface area contributed by atoms with E-state index in [9.17, 15) is 4.79 Å². The molecule has 1 aromatic rings. The standard InChI is InChI=1S/C8H8O3.C6H15NO3.C3H8O2/c1-11-8(10)6-2-4-7(9)5-3-6;8-4-1-7(2-5-9)3-6-10;1-3(5)2-4/h2-5,9H,1H3;8-10H,1-6H2;3-5H,2H2,1H3. The van der Waals surface area contributed by atoms with Crippen LogP contribution in [0.15, 0.2) is 24.3 Å². The van der Waals surface area contributed by atoms with Crippen LogP contribution in [0, 0.1) is 0 Å². The summed E-state index contributed by atoms with van der Waals surface area (Å²) in [5.74, 6) is -0.261. The van der Waals surface area contributed by atoms with E-state index in [2.05, 4.69) is 4.74 Å². The number of nitrogens with zero attached hydrogens (tertiary/aromatic N) is 1. The molecule has 0 fully saturated rings. The quantitative estimate of drug-likeness (QED) is 0.307. The second-order valence-corrected chi connectivity index (χ2v) is 5.08. The Bertz CT molecular complexity index is 425. The van der Waals surface area contributed by atoms with E-state index in [0.717, 1.165) is 0 Å². The van der Waals surface area contributed by atoms with Crippen LogP contribution >= 0.6 is 0 Å². The maximum atomic E-state index is 10.8. The predicted molar refractivity (Wildman–Crippen MR) is 95.9 cm³/mol. The minimum absolute atomic E-state index is 0.0694. The lowest BCUT2D eigenvalue weighted by molar-refractivity contribution is 0.0600. The zero-order valence-electron chi connectivity index (χ0n) is 15.3. The second-order valence-electron chi connectivity index (χ2n) is 5.08. The molecule has 0 radical (unpaired) electrons. The number of hydrogen-bond acceptors (Lipinski definition) is 9. The summed E-state index contributed by atoms with van der Waals surface area (Å²) in [6.45, 7) is 3.14. The van der Waals surface area contributed by atoms with Crippen molar-refractivity contribution in [3.63, 3.8) is 0 Å². The smallest absolute Gasteiger partial charge is 0.337 e. The third kappa shape index (κ3) is 15.8. The first kappa shape index (κ1) is 26.5. The van der Waals surface area contributed by atoms with Crippen molar-refractivity contribution in [2.45, 2.75) is 13.0 Å². The van der Waals surface area contributed by atoms with Gasteiger partial charge in [-0.3, -0.25) is 4.90 Å². The molecule has 26 heavy (non-hydrogen) atoms. The monoisotopic (exact) mass is 377 g/mol. The van der Waals surface area contributed by atoms with Gasteiger partial charge in [0.15, 0.2) is 0 Å². The number of aliphatic hydroxyl groups excluding tert-OH is 5. The topological polar surface area (TPSA) is 151 Å². The van der Waals surface area contributed by atoms with Gasteiger partial charge in [-0.2, -0.15) is 0 Å². The second kappa shape index (κ2) is 18.1. The first-order chi connectivity index (χ1) is 12.4. The average molecular weight is 377 g/mol. The summed E-state index contributed by atoms with van der Waals surface area (Å²) in [7, 11) is 1.31. The summed E-state index contributed by atoms with van der Waals surface area (Å²) >= 11 is 0. The molecule has 0 aliphatic rings. The van der Waals surface area contributed by atoms with Gasteiger partial charge in [-0.05, 0) is 31.2 Å². The highest BCUT2D eigenvalue weighted by molar-refractivity contribution is 5.89. The number of hydrogen-bond donors (Lipinski definition) is 6. The SMILES string of the molecule is CC(O)CO.COC(=O)c1ccc(O)cc1.OCCN(CCO)CCO. The minimum Gasteiger partial charge on any atom is -0.508 e. The fraction of sp³-hybridized carbons (Fsp3) is 0.588. The highest BCUT2D eigenvalue weighted by atomic mass is 16.5. The van der Waals surface area contributed by atoms with Crippen molar-refractivity contribution in [3.8, 4) is 5.75 Å². The maximum Gasteiger partial charge on any atom is 0.337 e. The predicted octanol–water partition coefficient (Wildman–Crippen LogP) is -1.20. The Kier molecular flexibility index (Phi) is 18.4. The number of phenols is 1. The molecule has 0 bridgehead atoms. The molecule has 0 spiro atoms. The highest BCUT2D eigenvalue weighted by Crippen LogP contribution is 2.09. The summed E-state index contributed by atoms with van der Waals surface area (Å²) in [6.07, 6.45) is -0.560. The summed E-state index contributed by atoms with van der Waals surface area (Å²) in [5.41, 5.74) is 0.435. The molecule has 0 aliphatic heterocycles. The molecule has 9 heteroatoms. The van der Waals surface area contributed by atoms with Gasteiger partial charge in [-0.1, -0.05) is 0 Å². The normalized spacial score (nSPS) is 10.9.